The number of benzene rings is 1. The maximum atomic E-state index is 10.7. The molecule has 0 amide bonds. The van der Waals surface area contributed by atoms with Crippen molar-refractivity contribution in [2.24, 2.45) is 0 Å². The summed E-state index contributed by atoms with van der Waals surface area (Å²) in [6, 6.07) is 6.20. The first-order chi connectivity index (χ1) is 7.20. The number of fused-ring (bicyclic) bond motifs is 1. The lowest BCUT2D eigenvalue weighted by Crippen LogP contribution is -2.03. The first-order valence-corrected chi connectivity index (χ1v) is 5.17. The molecule has 2 nitrogen and oxygen atoms in total. The minimum absolute atomic E-state index is 0.192. The quantitative estimate of drug-likeness (QED) is 0.818. The van der Waals surface area contributed by atoms with Crippen LogP contribution in [0.1, 0.15) is 35.4 Å². The van der Waals surface area contributed by atoms with Crippen molar-refractivity contribution in [1.29, 1.82) is 0 Å². The molecule has 1 N–H and O–H groups in total. The largest absolute Gasteiger partial charge is 0.481 e. The predicted molar refractivity (Wildman–Crippen MR) is 59.8 cm³/mol. The Bertz CT molecular complexity index is 407. The minimum atomic E-state index is -0.711. The molecule has 1 atom stereocenters. The van der Waals surface area contributed by atoms with E-state index >= 15 is 0 Å². The van der Waals surface area contributed by atoms with Crippen molar-refractivity contribution in [3.8, 4) is 0 Å². The van der Waals surface area contributed by atoms with Crippen LogP contribution in [-0.4, -0.2) is 11.1 Å². The molecule has 0 heterocycles. The van der Waals surface area contributed by atoms with Gasteiger partial charge in [-0.3, -0.25) is 4.79 Å². The van der Waals surface area contributed by atoms with Gasteiger partial charge in [0, 0.05) is 0 Å². The fourth-order valence-corrected chi connectivity index (χ4v) is 2.26. The Morgan fingerprint density at radius 1 is 1.60 bits per heavy atom. The highest BCUT2D eigenvalue weighted by Gasteiger charge is 2.24. The molecule has 0 fully saturated rings. The molecule has 2 heteroatoms. The number of hydrogen-bond acceptors (Lipinski definition) is 1. The Balaban J connectivity index is 2.31. The second kappa shape index (κ2) is 3.89. The monoisotopic (exact) mass is 202 g/mol. The molecule has 1 aromatic rings. The van der Waals surface area contributed by atoms with Gasteiger partial charge < -0.3 is 5.11 Å². The number of rotatable bonds is 3. The van der Waals surface area contributed by atoms with Crippen LogP contribution in [0.3, 0.4) is 0 Å². The van der Waals surface area contributed by atoms with E-state index in [4.69, 9.17) is 5.11 Å². The number of hydrogen-bond donors (Lipinski definition) is 1. The second-order valence-corrected chi connectivity index (χ2v) is 4.00. The molecule has 2 rings (SSSR count). The molecule has 15 heavy (non-hydrogen) atoms. The first kappa shape index (κ1) is 9.97. The Labute approximate surface area is 89.2 Å². The maximum absolute atomic E-state index is 10.7. The zero-order chi connectivity index (χ0) is 10.8. The average molecular weight is 202 g/mol. The molecule has 0 aromatic heterocycles. The molecule has 1 aliphatic rings. The van der Waals surface area contributed by atoms with Gasteiger partial charge in [-0.1, -0.05) is 30.9 Å². The zero-order valence-corrected chi connectivity index (χ0v) is 8.57. The van der Waals surface area contributed by atoms with Crippen molar-refractivity contribution >= 4 is 12.0 Å². The normalized spacial score (nSPS) is 18.5. The minimum Gasteiger partial charge on any atom is -0.481 e. The van der Waals surface area contributed by atoms with Crippen LogP contribution in [-0.2, 0) is 11.2 Å². The van der Waals surface area contributed by atoms with Crippen LogP contribution in [0.15, 0.2) is 24.8 Å². The van der Waals surface area contributed by atoms with Gasteiger partial charge in [0.15, 0.2) is 0 Å². The summed E-state index contributed by atoms with van der Waals surface area (Å²) >= 11 is 0. The van der Waals surface area contributed by atoms with E-state index < -0.39 is 5.97 Å². The van der Waals surface area contributed by atoms with Crippen molar-refractivity contribution in [3.05, 3.63) is 41.5 Å². The van der Waals surface area contributed by atoms with Gasteiger partial charge in [-0.15, -0.1) is 0 Å². The first-order valence-electron chi connectivity index (χ1n) is 5.17. The third-order valence-corrected chi connectivity index (χ3v) is 3.03. The number of carboxylic acids is 1. The molecule has 1 aromatic carbocycles. The number of carboxylic acid groups (broad SMARTS) is 1. The van der Waals surface area contributed by atoms with E-state index in [-0.39, 0.29) is 12.3 Å². The molecular weight excluding hydrogens is 188 g/mol. The van der Waals surface area contributed by atoms with Crippen LogP contribution in [0.4, 0.5) is 0 Å². The third-order valence-electron chi connectivity index (χ3n) is 3.03. The van der Waals surface area contributed by atoms with E-state index in [0.29, 0.717) is 0 Å². The van der Waals surface area contributed by atoms with Gasteiger partial charge in [-0.05, 0) is 35.4 Å². The van der Waals surface area contributed by atoms with E-state index in [0.717, 1.165) is 18.4 Å². The summed E-state index contributed by atoms with van der Waals surface area (Å²) in [5.41, 5.74) is 3.58. The summed E-state index contributed by atoms with van der Waals surface area (Å²) in [7, 11) is 0. The van der Waals surface area contributed by atoms with Crippen LogP contribution >= 0.6 is 0 Å². The second-order valence-electron chi connectivity index (χ2n) is 4.00. The summed E-state index contributed by atoms with van der Waals surface area (Å²) < 4.78 is 0. The fourth-order valence-electron chi connectivity index (χ4n) is 2.26. The van der Waals surface area contributed by atoms with Crippen molar-refractivity contribution < 1.29 is 9.90 Å². The van der Waals surface area contributed by atoms with Crippen LogP contribution in [0.5, 0.6) is 0 Å². The number of aryl methyl sites for hydroxylation is 1. The molecule has 0 saturated carbocycles. The third kappa shape index (κ3) is 1.94. The molecule has 1 unspecified atom stereocenters. The summed E-state index contributed by atoms with van der Waals surface area (Å²) in [5.74, 6) is -0.519. The van der Waals surface area contributed by atoms with Crippen LogP contribution in [0.25, 0.3) is 6.08 Å². The van der Waals surface area contributed by atoms with E-state index in [2.05, 4.69) is 18.7 Å². The van der Waals surface area contributed by atoms with Crippen LogP contribution in [0.2, 0.25) is 0 Å². The summed E-state index contributed by atoms with van der Waals surface area (Å²) in [4.78, 5) is 10.7. The van der Waals surface area contributed by atoms with Gasteiger partial charge in [-0.25, -0.2) is 0 Å². The smallest absolute Gasteiger partial charge is 0.303 e. The Morgan fingerprint density at radius 3 is 3.07 bits per heavy atom. The Morgan fingerprint density at radius 2 is 2.40 bits per heavy atom. The fraction of sp³-hybridized carbons (Fsp3) is 0.308. The zero-order valence-electron chi connectivity index (χ0n) is 8.57. The van der Waals surface area contributed by atoms with Crippen molar-refractivity contribution in [2.75, 3.05) is 0 Å². The molecule has 78 valence electrons. The summed E-state index contributed by atoms with van der Waals surface area (Å²) in [6.07, 6.45) is 4.01. The van der Waals surface area contributed by atoms with Gasteiger partial charge in [0.1, 0.15) is 0 Å². The molecule has 0 spiro atoms. The highest BCUT2D eigenvalue weighted by Crippen LogP contribution is 2.36. The topological polar surface area (TPSA) is 37.3 Å². The highest BCUT2D eigenvalue weighted by atomic mass is 16.4. The van der Waals surface area contributed by atoms with Crippen LogP contribution < -0.4 is 0 Å². The molecule has 1 aliphatic carbocycles. The molecule has 0 radical (unpaired) electrons. The average Bonchev–Trinajstić information content (AvgIpc) is 2.60. The number of aliphatic carboxylic acids is 1. The van der Waals surface area contributed by atoms with Crippen molar-refractivity contribution in [1.82, 2.24) is 0 Å². The van der Waals surface area contributed by atoms with E-state index in [1.165, 1.54) is 11.1 Å². The van der Waals surface area contributed by atoms with E-state index in [1.54, 1.807) is 6.08 Å². The molecule has 0 saturated heterocycles. The SMILES string of the molecule is C=Cc1ccc2c(c1)C(CC(=O)O)CC2. The van der Waals surface area contributed by atoms with E-state index in [1.807, 2.05) is 6.07 Å². The van der Waals surface area contributed by atoms with Gasteiger partial charge in [0.05, 0.1) is 6.42 Å². The van der Waals surface area contributed by atoms with Crippen molar-refractivity contribution in [2.45, 2.75) is 25.2 Å². The summed E-state index contributed by atoms with van der Waals surface area (Å²) in [5, 5.41) is 8.81. The molecular formula is C13H14O2. The lowest BCUT2D eigenvalue weighted by molar-refractivity contribution is -0.137. The van der Waals surface area contributed by atoms with Crippen molar-refractivity contribution in [3.63, 3.8) is 0 Å². The molecule has 0 aliphatic heterocycles. The standard InChI is InChI=1S/C13H14O2/c1-2-9-3-4-10-5-6-11(8-13(14)15)12(10)7-9/h2-4,7,11H,1,5-6,8H2,(H,14,15). The number of carbonyl (C=O) groups is 1. The maximum Gasteiger partial charge on any atom is 0.303 e. The summed E-state index contributed by atoms with van der Waals surface area (Å²) in [6.45, 7) is 3.73. The Hall–Kier alpha value is -1.57. The lowest BCUT2D eigenvalue weighted by Gasteiger charge is -2.08. The van der Waals surface area contributed by atoms with Gasteiger partial charge in [0.2, 0.25) is 0 Å². The van der Waals surface area contributed by atoms with Gasteiger partial charge in [0.25, 0.3) is 0 Å². The lowest BCUT2D eigenvalue weighted by atomic mass is 9.96. The predicted octanol–water partition coefficient (Wildman–Crippen LogP) is 2.83. The van der Waals surface area contributed by atoms with Gasteiger partial charge >= 0.3 is 5.97 Å². The highest BCUT2D eigenvalue weighted by molar-refractivity contribution is 5.68. The van der Waals surface area contributed by atoms with E-state index in [9.17, 15) is 4.79 Å². The molecule has 0 bridgehead atoms. The van der Waals surface area contributed by atoms with Gasteiger partial charge in [-0.2, -0.15) is 0 Å². The van der Waals surface area contributed by atoms with Crippen LogP contribution in [0, 0.1) is 0 Å². The Kier molecular flexibility index (Phi) is 2.58.